The van der Waals surface area contributed by atoms with Crippen molar-refractivity contribution in [3.63, 3.8) is 0 Å². The number of ether oxygens (including phenoxy) is 1. The van der Waals surface area contributed by atoms with E-state index in [9.17, 15) is 24.5 Å². The van der Waals surface area contributed by atoms with E-state index in [0.717, 1.165) is 35.9 Å². The van der Waals surface area contributed by atoms with E-state index in [1.54, 1.807) is 17.0 Å². The van der Waals surface area contributed by atoms with E-state index in [4.69, 9.17) is 9.15 Å². The molecule has 2 aliphatic rings. The SMILES string of the molecule is COc1ccc([N+](=O)[O-])cc1-c1ccc(/C=C2\SC(=O)N(CC(=O)N3CCCCC3)C2=O)o1. The lowest BCUT2D eigenvalue weighted by Crippen LogP contribution is -2.44. The molecule has 0 atom stereocenters. The van der Waals surface area contributed by atoms with Gasteiger partial charge in [-0.05, 0) is 49.2 Å². The molecule has 0 N–H and O–H groups in total. The van der Waals surface area contributed by atoms with Crippen LogP contribution in [0.1, 0.15) is 25.0 Å². The normalized spacial score (nSPS) is 17.7. The van der Waals surface area contributed by atoms with Crippen LogP contribution in [0, 0.1) is 10.1 Å². The van der Waals surface area contributed by atoms with E-state index in [-0.39, 0.29) is 28.8 Å². The molecule has 3 heterocycles. The first kappa shape index (κ1) is 22.6. The zero-order chi connectivity index (χ0) is 23.5. The Morgan fingerprint density at radius 1 is 1.21 bits per heavy atom. The molecule has 1 aromatic carbocycles. The number of nitro benzene ring substituents is 1. The number of likely N-dealkylation sites (tertiary alicyclic amines) is 1. The predicted octanol–water partition coefficient (Wildman–Crippen LogP) is 3.91. The average Bonchev–Trinajstić information content (AvgIpc) is 3.39. The second-order valence-corrected chi connectivity index (χ2v) is 8.55. The fraction of sp³-hybridized carbons (Fsp3) is 0.318. The summed E-state index contributed by atoms with van der Waals surface area (Å²) in [6, 6.07) is 7.31. The Morgan fingerprint density at radius 2 is 1.97 bits per heavy atom. The van der Waals surface area contributed by atoms with Crippen molar-refractivity contribution in [1.29, 1.82) is 0 Å². The molecule has 0 bridgehead atoms. The van der Waals surface area contributed by atoms with Gasteiger partial charge in [0.15, 0.2) is 0 Å². The van der Waals surface area contributed by atoms with E-state index in [1.165, 1.54) is 31.4 Å². The van der Waals surface area contributed by atoms with Crippen LogP contribution < -0.4 is 4.74 Å². The van der Waals surface area contributed by atoms with Crippen molar-refractivity contribution in [1.82, 2.24) is 9.80 Å². The monoisotopic (exact) mass is 471 g/mol. The summed E-state index contributed by atoms with van der Waals surface area (Å²) in [7, 11) is 1.44. The third-order valence-corrected chi connectivity index (χ3v) is 6.34. The van der Waals surface area contributed by atoms with Gasteiger partial charge in [0.25, 0.3) is 16.8 Å². The number of carbonyl (C=O) groups is 3. The number of carbonyl (C=O) groups excluding carboxylic acids is 3. The Labute approximate surface area is 193 Å². The Bertz CT molecular complexity index is 1150. The van der Waals surface area contributed by atoms with Crippen molar-refractivity contribution in [3.8, 4) is 17.1 Å². The quantitative estimate of drug-likeness (QED) is 0.353. The summed E-state index contributed by atoms with van der Waals surface area (Å²) in [5.41, 5.74) is 0.259. The van der Waals surface area contributed by atoms with Gasteiger partial charge in [0, 0.05) is 31.3 Å². The van der Waals surface area contributed by atoms with Crippen LogP contribution in [0.2, 0.25) is 0 Å². The van der Waals surface area contributed by atoms with Crippen LogP contribution in [0.15, 0.2) is 39.7 Å². The number of benzene rings is 1. The van der Waals surface area contributed by atoms with E-state index in [1.807, 2.05) is 0 Å². The molecule has 10 nitrogen and oxygen atoms in total. The molecule has 0 saturated carbocycles. The smallest absolute Gasteiger partial charge is 0.294 e. The van der Waals surface area contributed by atoms with Crippen molar-refractivity contribution in [2.75, 3.05) is 26.7 Å². The second-order valence-electron chi connectivity index (χ2n) is 7.55. The van der Waals surface area contributed by atoms with Crippen LogP contribution in [-0.2, 0) is 9.59 Å². The van der Waals surface area contributed by atoms with Crippen LogP contribution in [-0.4, -0.2) is 58.5 Å². The summed E-state index contributed by atoms with van der Waals surface area (Å²) >= 11 is 0.738. The maximum atomic E-state index is 12.7. The second kappa shape index (κ2) is 9.49. The van der Waals surface area contributed by atoms with E-state index < -0.39 is 16.1 Å². The van der Waals surface area contributed by atoms with Crippen LogP contribution in [0.25, 0.3) is 17.4 Å². The fourth-order valence-electron chi connectivity index (χ4n) is 3.72. The van der Waals surface area contributed by atoms with Crippen LogP contribution >= 0.6 is 11.8 Å². The molecule has 0 aliphatic carbocycles. The minimum atomic E-state index is -0.554. The number of thioether (sulfide) groups is 1. The number of hydrogen-bond donors (Lipinski definition) is 0. The molecule has 0 unspecified atom stereocenters. The summed E-state index contributed by atoms with van der Waals surface area (Å²) in [5, 5.41) is 10.6. The lowest BCUT2D eigenvalue weighted by molar-refractivity contribution is -0.384. The molecular weight excluding hydrogens is 450 g/mol. The lowest BCUT2D eigenvalue weighted by atomic mass is 10.1. The van der Waals surface area contributed by atoms with Gasteiger partial charge in [-0.3, -0.25) is 29.4 Å². The number of nitro groups is 1. The number of piperidine rings is 1. The summed E-state index contributed by atoms with van der Waals surface area (Å²) in [6.45, 7) is 0.999. The summed E-state index contributed by atoms with van der Waals surface area (Å²) < 4.78 is 11.0. The zero-order valence-corrected chi connectivity index (χ0v) is 18.6. The molecule has 2 aromatic rings. The number of imide groups is 1. The van der Waals surface area contributed by atoms with Gasteiger partial charge in [0.2, 0.25) is 5.91 Å². The average molecular weight is 471 g/mol. The lowest BCUT2D eigenvalue weighted by Gasteiger charge is -2.27. The molecular formula is C22H21N3O7S. The molecule has 0 radical (unpaired) electrons. The fourth-order valence-corrected chi connectivity index (χ4v) is 4.54. The predicted molar refractivity (Wildman–Crippen MR) is 120 cm³/mol. The van der Waals surface area contributed by atoms with Gasteiger partial charge in [-0.2, -0.15) is 0 Å². The largest absolute Gasteiger partial charge is 0.496 e. The maximum absolute atomic E-state index is 12.7. The summed E-state index contributed by atoms with van der Waals surface area (Å²) in [4.78, 5) is 50.9. The first-order valence-electron chi connectivity index (χ1n) is 10.3. The minimum absolute atomic E-state index is 0.122. The Kier molecular flexibility index (Phi) is 6.50. The number of amides is 3. The standard InChI is InChI=1S/C22H21N3O7S/c1-31-17-7-5-14(25(29)30)11-16(17)18-8-6-15(32-18)12-19-21(27)24(22(28)33-19)13-20(26)23-9-3-2-4-10-23/h5-8,11-12H,2-4,9-10,13H2,1H3/b19-12-. The highest BCUT2D eigenvalue weighted by Crippen LogP contribution is 2.36. The highest BCUT2D eigenvalue weighted by Gasteiger charge is 2.37. The summed E-state index contributed by atoms with van der Waals surface area (Å²) in [6.07, 6.45) is 4.33. The zero-order valence-electron chi connectivity index (χ0n) is 17.8. The van der Waals surface area contributed by atoms with Crippen molar-refractivity contribution in [2.45, 2.75) is 19.3 Å². The first-order chi connectivity index (χ1) is 15.9. The van der Waals surface area contributed by atoms with Gasteiger partial charge in [0.05, 0.1) is 22.5 Å². The topological polar surface area (TPSA) is 123 Å². The number of hydrogen-bond acceptors (Lipinski definition) is 8. The molecule has 172 valence electrons. The van der Waals surface area contributed by atoms with Gasteiger partial charge < -0.3 is 14.1 Å². The Morgan fingerprint density at radius 3 is 2.67 bits per heavy atom. The molecule has 3 amide bonds. The Balaban J connectivity index is 1.52. The maximum Gasteiger partial charge on any atom is 0.294 e. The molecule has 1 aromatic heterocycles. The van der Waals surface area contributed by atoms with Crippen molar-refractivity contribution < 1.29 is 28.5 Å². The number of furan rings is 1. The van der Waals surface area contributed by atoms with Gasteiger partial charge >= 0.3 is 0 Å². The van der Waals surface area contributed by atoms with Crippen LogP contribution in [0.4, 0.5) is 10.5 Å². The highest BCUT2D eigenvalue weighted by atomic mass is 32.2. The molecule has 2 saturated heterocycles. The van der Waals surface area contributed by atoms with Gasteiger partial charge in [-0.1, -0.05) is 0 Å². The Hall–Kier alpha value is -3.60. The van der Waals surface area contributed by atoms with Crippen LogP contribution in [0.3, 0.4) is 0 Å². The highest BCUT2D eigenvalue weighted by molar-refractivity contribution is 8.18. The number of nitrogens with zero attached hydrogens (tertiary/aromatic N) is 3. The molecule has 2 aliphatic heterocycles. The summed E-state index contributed by atoms with van der Waals surface area (Å²) in [5.74, 6) is 0.184. The van der Waals surface area contributed by atoms with E-state index in [0.29, 0.717) is 30.2 Å². The number of methoxy groups -OCH3 is 1. The van der Waals surface area contributed by atoms with Gasteiger partial charge in [-0.15, -0.1) is 0 Å². The molecule has 0 spiro atoms. The minimum Gasteiger partial charge on any atom is -0.496 e. The van der Waals surface area contributed by atoms with E-state index in [2.05, 4.69) is 0 Å². The third kappa shape index (κ3) is 4.77. The molecule has 2 fully saturated rings. The number of rotatable bonds is 6. The van der Waals surface area contributed by atoms with Crippen molar-refractivity contribution in [3.05, 3.63) is 51.1 Å². The molecule has 4 rings (SSSR count). The van der Waals surface area contributed by atoms with E-state index >= 15 is 0 Å². The number of non-ortho nitro benzene ring substituents is 1. The van der Waals surface area contributed by atoms with Crippen molar-refractivity contribution in [2.24, 2.45) is 0 Å². The molecule has 33 heavy (non-hydrogen) atoms. The van der Waals surface area contributed by atoms with Crippen LogP contribution in [0.5, 0.6) is 5.75 Å². The van der Waals surface area contributed by atoms with Gasteiger partial charge in [0.1, 0.15) is 23.8 Å². The first-order valence-corrected chi connectivity index (χ1v) is 11.1. The van der Waals surface area contributed by atoms with Gasteiger partial charge in [-0.25, -0.2) is 0 Å². The molecule has 11 heteroatoms. The van der Waals surface area contributed by atoms with Crippen molar-refractivity contribution >= 4 is 40.6 Å². The third-order valence-electron chi connectivity index (χ3n) is 5.44.